The summed E-state index contributed by atoms with van der Waals surface area (Å²) in [7, 11) is 0. The van der Waals surface area contributed by atoms with Crippen molar-refractivity contribution in [2.75, 3.05) is 19.6 Å². The number of amides is 1. The molecule has 0 spiro atoms. The first kappa shape index (κ1) is 16.1. The first-order chi connectivity index (χ1) is 10.6. The van der Waals surface area contributed by atoms with Gasteiger partial charge < -0.3 is 0 Å². The number of hydrogen-bond acceptors (Lipinski definition) is 5. The number of nitro benzene ring substituents is 1. The first-order valence-electron chi connectivity index (χ1n) is 7.35. The molecular formula is C15H20N4O3. The lowest BCUT2D eigenvalue weighted by atomic mass is 10.1. The molecule has 1 aromatic rings. The van der Waals surface area contributed by atoms with E-state index < -0.39 is 4.92 Å². The van der Waals surface area contributed by atoms with E-state index in [4.69, 9.17) is 0 Å². The summed E-state index contributed by atoms with van der Waals surface area (Å²) in [5.41, 5.74) is 3.68. The van der Waals surface area contributed by atoms with E-state index >= 15 is 0 Å². The van der Waals surface area contributed by atoms with E-state index in [0.29, 0.717) is 17.7 Å². The number of piperidine rings is 1. The summed E-state index contributed by atoms with van der Waals surface area (Å²) in [6, 6.07) is 4.83. The minimum atomic E-state index is -0.429. The number of likely N-dealkylation sites (tertiary alicyclic amines) is 1. The topological polar surface area (TPSA) is 87.8 Å². The first-order valence-corrected chi connectivity index (χ1v) is 7.35. The lowest BCUT2D eigenvalue weighted by Gasteiger charge is -2.25. The van der Waals surface area contributed by atoms with Crippen molar-refractivity contribution in [3.8, 4) is 0 Å². The fourth-order valence-electron chi connectivity index (χ4n) is 2.44. The molecule has 1 fully saturated rings. The fraction of sp³-hybridized carbons (Fsp3) is 0.467. The molecule has 0 aromatic heterocycles. The molecule has 1 amide bonds. The van der Waals surface area contributed by atoms with Gasteiger partial charge in [0.15, 0.2) is 0 Å². The Hall–Kier alpha value is -2.28. The molecule has 0 bridgehead atoms. The molecule has 1 heterocycles. The Labute approximate surface area is 129 Å². The fourth-order valence-corrected chi connectivity index (χ4v) is 2.44. The maximum Gasteiger partial charge on any atom is 0.272 e. The van der Waals surface area contributed by atoms with Gasteiger partial charge in [-0.3, -0.25) is 19.8 Å². The zero-order valence-electron chi connectivity index (χ0n) is 12.6. The zero-order chi connectivity index (χ0) is 15.9. The highest BCUT2D eigenvalue weighted by atomic mass is 16.6. The Balaban J connectivity index is 1.87. The van der Waals surface area contributed by atoms with Crippen molar-refractivity contribution in [3.05, 3.63) is 39.4 Å². The highest BCUT2D eigenvalue weighted by molar-refractivity contribution is 5.83. The molecule has 0 atom stereocenters. The van der Waals surface area contributed by atoms with Crippen molar-refractivity contribution in [2.24, 2.45) is 5.10 Å². The predicted octanol–water partition coefficient (Wildman–Crippen LogP) is 1.84. The third kappa shape index (κ3) is 4.63. The number of hydrazone groups is 1. The monoisotopic (exact) mass is 304 g/mol. The molecule has 118 valence electrons. The number of aryl methyl sites for hydroxylation is 1. The third-order valence-electron chi connectivity index (χ3n) is 3.65. The van der Waals surface area contributed by atoms with Crippen LogP contribution in [0.3, 0.4) is 0 Å². The number of rotatable bonds is 5. The maximum absolute atomic E-state index is 11.8. The van der Waals surface area contributed by atoms with Crippen LogP contribution in [-0.2, 0) is 4.79 Å². The van der Waals surface area contributed by atoms with Gasteiger partial charge in [0.1, 0.15) is 0 Å². The summed E-state index contributed by atoms with van der Waals surface area (Å²) in [6.45, 7) is 3.91. The van der Waals surface area contributed by atoms with E-state index in [9.17, 15) is 14.9 Å². The summed E-state index contributed by atoms with van der Waals surface area (Å²) in [5, 5.41) is 14.7. The molecule has 0 aliphatic carbocycles. The summed E-state index contributed by atoms with van der Waals surface area (Å²) in [4.78, 5) is 24.3. The van der Waals surface area contributed by atoms with Crippen LogP contribution >= 0.6 is 0 Å². The van der Waals surface area contributed by atoms with Gasteiger partial charge in [0.2, 0.25) is 0 Å². The van der Waals surface area contributed by atoms with Crippen molar-refractivity contribution in [2.45, 2.75) is 26.2 Å². The van der Waals surface area contributed by atoms with Crippen LogP contribution in [0, 0.1) is 17.0 Å². The molecule has 1 aliphatic heterocycles. The molecule has 1 N–H and O–H groups in total. The van der Waals surface area contributed by atoms with Crippen LogP contribution in [0.15, 0.2) is 23.3 Å². The van der Waals surface area contributed by atoms with Crippen molar-refractivity contribution in [1.29, 1.82) is 0 Å². The molecule has 0 radical (unpaired) electrons. The quantitative estimate of drug-likeness (QED) is 0.511. The van der Waals surface area contributed by atoms with Crippen LogP contribution in [-0.4, -0.2) is 41.6 Å². The largest absolute Gasteiger partial charge is 0.294 e. The highest BCUT2D eigenvalue weighted by Crippen LogP contribution is 2.18. The average molecular weight is 304 g/mol. The molecule has 7 nitrogen and oxygen atoms in total. The zero-order valence-corrected chi connectivity index (χ0v) is 12.6. The number of carbonyl (C=O) groups excluding carboxylic acids is 1. The van der Waals surface area contributed by atoms with E-state index in [2.05, 4.69) is 15.4 Å². The van der Waals surface area contributed by atoms with Crippen LogP contribution in [0.1, 0.15) is 30.4 Å². The van der Waals surface area contributed by atoms with Crippen LogP contribution in [0.5, 0.6) is 0 Å². The number of nitrogens with zero attached hydrogens (tertiary/aromatic N) is 3. The van der Waals surface area contributed by atoms with Crippen molar-refractivity contribution < 1.29 is 9.72 Å². The summed E-state index contributed by atoms with van der Waals surface area (Å²) in [6.07, 6.45) is 4.90. The molecule has 1 aromatic carbocycles. The van der Waals surface area contributed by atoms with Crippen LogP contribution in [0.2, 0.25) is 0 Å². The number of nitrogens with one attached hydrogen (secondary N) is 1. The average Bonchev–Trinajstić information content (AvgIpc) is 2.49. The second-order valence-corrected chi connectivity index (χ2v) is 5.43. The van der Waals surface area contributed by atoms with E-state index in [-0.39, 0.29) is 11.6 Å². The van der Waals surface area contributed by atoms with E-state index in [1.54, 1.807) is 19.1 Å². The van der Waals surface area contributed by atoms with Gasteiger partial charge in [-0.05, 0) is 32.9 Å². The lowest BCUT2D eigenvalue weighted by Crippen LogP contribution is -2.38. The predicted molar refractivity (Wildman–Crippen MR) is 83.9 cm³/mol. The van der Waals surface area contributed by atoms with Crippen LogP contribution in [0.25, 0.3) is 0 Å². The van der Waals surface area contributed by atoms with Gasteiger partial charge in [-0.25, -0.2) is 5.43 Å². The third-order valence-corrected chi connectivity index (χ3v) is 3.65. The molecular weight excluding hydrogens is 284 g/mol. The molecule has 22 heavy (non-hydrogen) atoms. The summed E-state index contributed by atoms with van der Waals surface area (Å²) >= 11 is 0. The molecule has 1 aliphatic rings. The number of nitro groups is 1. The van der Waals surface area contributed by atoms with E-state index in [1.165, 1.54) is 18.7 Å². The van der Waals surface area contributed by atoms with Gasteiger partial charge in [0.25, 0.3) is 11.6 Å². The molecule has 0 saturated carbocycles. The number of carbonyl (C=O) groups is 1. The van der Waals surface area contributed by atoms with Crippen molar-refractivity contribution in [1.82, 2.24) is 10.3 Å². The van der Waals surface area contributed by atoms with E-state index in [1.807, 2.05) is 0 Å². The van der Waals surface area contributed by atoms with E-state index in [0.717, 1.165) is 25.9 Å². The Morgan fingerprint density at radius 2 is 2.14 bits per heavy atom. The Morgan fingerprint density at radius 3 is 2.82 bits per heavy atom. The normalized spacial score (nSPS) is 15.9. The van der Waals surface area contributed by atoms with Crippen molar-refractivity contribution >= 4 is 17.8 Å². The summed E-state index contributed by atoms with van der Waals surface area (Å²) in [5.74, 6) is -0.167. The minimum Gasteiger partial charge on any atom is -0.294 e. The standard InChI is InChI=1S/C15H20N4O3/c1-12-5-6-13(9-14(12)19(21)22)10-16-17-15(20)11-18-7-3-2-4-8-18/h5-6,9-10H,2-4,7-8,11H2,1H3,(H,17,20)/b16-10-. The maximum atomic E-state index is 11.8. The Morgan fingerprint density at radius 1 is 1.41 bits per heavy atom. The van der Waals surface area contributed by atoms with Gasteiger partial charge in [0.05, 0.1) is 17.7 Å². The molecule has 1 saturated heterocycles. The SMILES string of the molecule is Cc1ccc(/C=N\NC(=O)CN2CCCCC2)cc1[N+](=O)[O-]. The van der Waals surface area contributed by atoms with Gasteiger partial charge in [-0.15, -0.1) is 0 Å². The summed E-state index contributed by atoms with van der Waals surface area (Å²) < 4.78 is 0. The highest BCUT2D eigenvalue weighted by Gasteiger charge is 2.13. The second-order valence-electron chi connectivity index (χ2n) is 5.43. The Kier molecular flexibility index (Phi) is 5.60. The molecule has 0 unspecified atom stereocenters. The number of hydrogen-bond donors (Lipinski definition) is 1. The van der Waals surface area contributed by atoms with Crippen LogP contribution < -0.4 is 5.43 Å². The van der Waals surface area contributed by atoms with Crippen LogP contribution in [0.4, 0.5) is 5.69 Å². The van der Waals surface area contributed by atoms with Gasteiger partial charge in [-0.2, -0.15) is 5.10 Å². The number of benzene rings is 1. The van der Waals surface area contributed by atoms with Gasteiger partial charge in [0, 0.05) is 17.2 Å². The van der Waals surface area contributed by atoms with Crippen molar-refractivity contribution in [3.63, 3.8) is 0 Å². The Bertz CT molecular complexity index is 580. The minimum absolute atomic E-state index is 0.0450. The molecule has 2 rings (SSSR count). The lowest BCUT2D eigenvalue weighted by molar-refractivity contribution is -0.385. The van der Waals surface area contributed by atoms with Gasteiger partial charge in [-0.1, -0.05) is 18.6 Å². The smallest absolute Gasteiger partial charge is 0.272 e. The second kappa shape index (κ2) is 7.65. The van der Waals surface area contributed by atoms with Gasteiger partial charge >= 0.3 is 0 Å². The molecule has 7 heteroatoms.